The van der Waals surface area contributed by atoms with Crippen LogP contribution >= 0.6 is 0 Å². The van der Waals surface area contributed by atoms with E-state index < -0.39 is 46.2 Å². The van der Waals surface area contributed by atoms with E-state index in [4.69, 9.17) is 0 Å². The number of nitrogens with zero attached hydrogens (tertiary/aromatic N) is 2. The van der Waals surface area contributed by atoms with Gasteiger partial charge in [0.15, 0.2) is 5.36 Å². The van der Waals surface area contributed by atoms with Crippen molar-refractivity contribution in [3.63, 3.8) is 0 Å². The van der Waals surface area contributed by atoms with E-state index in [-0.39, 0.29) is 81.2 Å². The van der Waals surface area contributed by atoms with Crippen LogP contribution in [0.1, 0.15) is 0 Å². The maximum absolute atomic E-state index is 13.0. The monoisotopic (exact) mass is 624 g/mol. The van der Waals surface area contributed by atoms with Gasteiger partial charge in [0.05, 0.1) is 21.2 Å². The van der Waals surface area contributed by atoms with Gasteiger partial charge in [-0.15, -0.1) is 0 Å². The van der Waals surface area contributed by atoms with E-state index in [0.717, 1.165) is 30.3 Å². The fourth-order valence-corrected chi connectivity index (χ4v) is 4.69. The molecule has 0 bridgehead atoms. The topological polar surface area (TPSA) is 197 Å². The van der Waals surface area contributed by atoms with Crippen LogP contribution in [-0.2, 0) is 20.2 Å². The van der Waals surface area contributed by atoms with Gasteiger partial charge in [0.25, 0.3) is 0 Å². The van der Waals surface area contributed by atoms with E-state index in [1.54, 1.807) is 24.3 Å². The molecule has 4 aromatic rings. The van der Waals surface area contributed by atoms with Gasteiger partial charge in [0.1, 0.15) is 25.6 Å². The fourth-order valence-electron chi connectivity index (χ4n) is 3.53. The third-order valence-electron chi connectivity index (χ3n) is 5.41. The molecule has 0 fully saturated rings. The van der Waals surface area contributed by atoms with Crippen LogP contribution in [0.2, 0.25) is 0 Å². The minimum absolute atomic E-state index is 0. The van der Waals surface area contributed by atoms with Crippen LogP contribution in [0.15, 0.2) is 127 Å². The van der Waals surface area contributed by atoms with E-state index in [1.165, 1.54) is 42.5 Å². The fraction of sp³-hybridized carbons (Fsp3) is 0. The number of anilines is 2. The Morgan fingerprint density at radius 1 is 0.595 bits per heavy atom. The van der Waals surface area contributed by atoms with E-state index in [1.807, 2.05) is 0 Å². The Labute approximate surface area is 284 Å². The zero-order valence-corrected chi connectivity index (χ0v) is 27.8. The largest absolute Gasteiger partial charge is 1.00 e. The molecule has 0 aliphatic rings. The number of nitrogens with one attached hydrogen (secondary N) is 2. The summed E-state index contributed by atoms with van der Waals surface area (Å²) in [5, 5.41) is 7.62. The number of fused-ring (bicyclic) bond motifs is 1. The Hall–Kier alpha value is -2.76. The summed E-state index contributed by atoms with van der Waals surface area (Å²) in [4.78, 5) is 24.4. The molecule has 0 saturated heterocycles. The molecule has 0 saturated carbocycles. The van der Waals surface area contributed by atoms with Crippen molar-refractivity contribution in [2.75, 3.05) is 10.9 Å². The molecule has 0 aromatic heterocycles. The van der Waals surface area contributed by atoms with Crippen LogP contribution in [0, 0.1) is 0 Å². The molecule has 0 spiro atoms. The van der Waals surface area contributed by atoms with Crippen molar-refractivity contribution in [1.82, 2.24) is 0 Å². The van der Waals surface area contributed by atoms with Crippen molar-refractivity contribution in [1.29, 1.82) is 0 Å². The molecule has 0 radical (unpaired) electrons. The maximum atomic E-state index is 13.0. The average Bonchev–Trinajstić information content (AvgIpc) is 2.90. The Morgan fingerprint density at radius 3 is 1.90 bits per heavy atom. The zero-order chi connectivity index (χ0) is 28.9. The second-order valence-electron chi connectivity index (χ2n) is 8.07. The predicted octanol–water partition coefficient (Wildman–Crippen LogP) is -4.77. The molecule has 0 amide bonds. The van der Waals surface area contributed by atoms with Crippen LogP contribution in [0.4, 0.5) is 11.4 Å². The van der Waals surface area contributed by atoms with Crippen LogP contribution in [0.3, 0.4) is 0 Å². The van der Waals surface area contributed by atoms with Crippen LogP contribution in [0.5, 0.6) is 0 Å². The third kappa shape index (κ3) is 8.87. The van der Waals surface area contributed by atoms with Gasteiger partial charge in [0.2, 0.25) is 10.9 Å². The summed E-state index contributed by atoms with van der Waals surface area (Å²) in [7, 11) is -9.50. The SMILES string of the molecule is O=c1cc/c(=N/Nc2ccccccc(S(=O)(=O)[O-])cc2)c(=O)/c1=N\Nc1ccc(S(=O)(=O)[O-])c2ccccc12.[Na+].[Na+]. The van der Waals surface area contributed by atoms with E-state index >= 15 is 0 Å². The van der Waals surface area contributed by atoms with Crippen molar-refractivity contribution in [2.24, 2.45) is 10.2 Å². The number of rotatable bonds is 6. The van der Waals surface area contributed by atoms with Crippen molar-refractivity contribution in [3.05, 3.63) is 128 Å². The molecule has 0 aliphatic carbocycles. The van der Waals surface area contributed by atoms with E-state index in [9.17, 15) is 35.5 Å². The summed E-state index contributed by atoms with van der Waals surface area (Å²) in [5.41, 5.74) is 4.04. The van der Waals surface area contributed by atoms with Gasteiger partial charge in [0, 0.05) is 10.8 Å². The smallest absolute Gasteiger partial charge is 0.744 e. The summed E-state index contributed by atoms with van der Waals surface area (Å²) in [6.07, 6.45) is 0. The van der Waals surface area contributed by atoms with Gasteiger partial charge in [-0.2, -0.15) is 10.2 Å². The average molecular weight is 625 g/mol. The van der Waals surface area contributed by atoms with Gasteiger partial charge in [-0.25, -0.2) is 16.8 Å². The van der Waals surface area contributed by atoms with Gasteiger partial charge in [-0.3, -0.25) is 20.4 Å². The summed E-state index contributed by atoms with van der Waals surface area (Å²) in [6, 6.07) is 21.8. The molecule has 16 heteroatoms. The van der Waals surface area contributed by atoms with Crippen molar-refractivity contribution in [2.45, 2.75) is 9.79 Å². The Bertz CT molecular complexity index is 2130. The molecule has 2 N–H and O–H groups in total. The van der Waals surface area contributed by atoms with E-state index in [0.29, 0.717) is 5.39 Å². The first-order chi connectivity index (χ1) is 18.9. The molecule has 0 aliphatic heterocycles. The van der Waals surface area contributed by atoms with Crippen molar-refractivity contribution in [3.8, 4) is 0 Å². The van der Waals surface area contributed by atoms with Crippen LogP contribution in [0.25, 0.3) is 10.8 Å². The van der Waals surface area contributed by atoms with Crippen LogP contribution in [-0.4, -0.2) is 25.9 Å². The Morgan fingerprint density at radius 2 is 1.24 bits per heavy atom. The van der Waals surface area contributed by atoms with Gasteiger partial charge in [-0.05, 0) is 48.5 Å². The minimum Gasteiger partial charge on any atom is -0.744 e. The Kier molecular flexibility index (Phi) is 12.7. The Balaban J connectivity index is 0.00000308. The molecule has 0 atom stereocenters. The first-order valence-electron chi connectivity index (χ1n) is 11.3. The van der Waals surface area contributed by atoms with Crippen molar-refractivity contribution < 1.29 is 85.1 Å². The maximum Gasteiger partial charge on any atom is 1.00 e. The summed E-state index contributed by atoms with van der Waals surface area (Å²) in [6.45, 7) is 0. The molecular formula is C26H18N4Na2O8S2. The number of hydrogen-bond acceptors (Lipinski definition) is 12. The number of hydrogen-bond donors (Lipinski definition) is 2. The third-order valence-corrected chi connectivity index (χ3v) is 7.15. The summed E-state index contributed by atoms with van der Waals surface area (Å²) >= 11 is 0. The molecule has 204 valence electrons. The van der Waals surface area contributed by atoms with Gasteiger partial charge < -0.3 is 9.11 Å². The minimum atomic E-state index is -4.76. The second kappa shape index (κ2) is 15.1. The summed E-state index contributed by atoms with van der Waals surface area (Å²) < 4.78 is 69.1. The molecule has 4 aromatic carbocycles. The molecule has 0 heterocycles. The molecule has 0 unspecified atom stereocenters. The van der Waals surface area contributed by atoms with E-state index in [2.05, 4.69) is 21.1 Å². The van der Waals surface area contributed by atoms with Gasteiger partial charge in [-0.1, -0.05) is 48.5 Å². The molecule has 42 heavy (non-hydrogen) atoms. The van der Waals surface area contributed by atoms with Crippen molar-refractivity contribution >= 4 is 42.4 Å². The molecule has 12 nitrogen and oxygen atoms in total. The number of benzene rings is 3. The second-order valence-corrected chi connectivity index (χ2v) is 10.8. The van der Waals surface area contributed by atoms with Gasteiger partial charge >= 0.3 is 59.1 Å². The molecule has 4 rings (SSSR count). The standard InChI is InChI=1S/C26H20N4O8S2.2Na/c31-23-15-13-22(29-27-17-7-3-1-2-4-8-18(12-11-17)39(33,34)35)26(32)25(23)30-28-21-14-16-24(40(36,37)38)20-10-6-5-9-19(20)21;;/h1-16,27-28H,(H,33,34,35)(H,36,37,38);;/q;2*+1/p-2/b2-1?,3-1?,4-2?,7-3?,8-4?,12-11?,17-7?,17-11?,18-8?,18-12?,29-22-,30-25-;;. The quantitative estimate of drug-likeness (QED) is 0.119. The van der Waals surface area contributed by atoms with Crippen LogP contribution < -0.4 is 91.5 Å². The predicted molar refractivity (Wildman–Crippen MR) is 144 cm³/mol. The summed E-state index contributed by atoms with van der Waals surface area (Å²) in [5.74, 6) is 0. The first-order valence-corrected chi connectivity index (χ1v) is 14.1. The normalized spacial score (nSPS) is 12.0. The first kappa shape index (κ1) is 35.4. The molecular weight excluding hydrogens is 606 g/mol. The zero-order valence-electron chi connectivity index (χ0n) is 22.2.